The second-order valence-corrected chi connectivity index (χ2v) is 8.80. The van der Waals surface area contributed by atoms with Crippen LogP contribution in [0.5, 0.6) is 11.5 Å². The van der Waals surface area contributed by atoms with E-state index in [1.807, 2.05) is 13.8 Å². The van der Waals surface area contributed by atoms with E-state index in [2.05, 4.69) is 4.74 Å². The van der Waals surface area contributed by atoms with E-state index in [1.165, 1.54) is 44.9 Å². The van der Waals surface area contributed by atoms with E-state index in [4.69, 9.17) is 31.9 Å². The molecule has 8 heteroatoms. The number of carbonyl (C=O) groups excluding carboxylic acids is 2. The van der Waals surface area contributed by atoms with Gasteiger partial charge in [-0.15, -0.1) is 0 Å². The predicted octanol–water partition coefficient (Wildman–Crippen LogP) is 5.84. The highest BCUT2D eigenvalue weighted by Gasteiger charge is 2.19. The number of phenolic OH excluding ortho intramolecular Hbond substituents is 1. The zero-order chi connectivity index (χ0) is 24.0. The molecule has 0 aliphatic heterocycles. The van der Waals surface area contributed by atoms with Gasteiger partial charge in [-0.05, 0) is 52.2 Å². The summed E-state index contributed by atoms with van der Waals surface area (Å²) in [7, 11) is 1.50. The number of aromatic hydroxyl groups is 1. The molecule has 178 valence electrons. The monoisotopic (exact) mass is 459 g/mol. The Balaban J connectivity index is 0.000000451. The Kier molecular flexibility index (Phi) is 13.8. The summed E-state index contributed by atoms with van der Waals surface area (Å²) in [5.41, 5.74) is 4.26. The van der Waals surface area contributed by atoms with Crippen LogP contribution >= 0.6 is 11.6 Å². The smallest absolute Gasteiger partial charge is 0.405 e. The number of phenols is 1. The normalized spacial score (nSPS) is 14.3. The van der Waals surface area contributed by atoms with Gasteiger partial charge in [-0.2, -0.15) is 0 Å². The summed E-state index contributed by atoms with van der Waals surface area (Å²) in [5.74, 6) is 1.38. The fourth-order valence-corrected chi connectivity index (χ4v) is 3.22. The van der Waals surface area contributed by atoms with Crippen molar-refractivity contribution in [1.82, 2.24) is 0 Å². The van der Waals surface area contributed by atoms with Crippen molar-refractivity contribution in [3.8, 4) is 11.5 Å². The van der Waals surface area contributed by atoms with Crippen molar-refractivity contribution in [1.29, 1.82) is 0 Å². The molecule has 1 aliphatic carbocycles. The Bertz CT molecular complexity index is 669. The lowest BCUT2D eigenvalue weighted by molar-refractivity contribution is -0.148. The summed E-state index contributed by atoms with van der Waals surface area (Å²) in [4.78, 5) is 21.0. The van der Waals surface area contributed by atoms with Gasteiger partial charge in [-0.25, -0.2) is 4.79 Å². The Hall–Kier alpha value is -2.15. The minimum absolute atomic E-state index is 0.0644. The third kappa shape index (κ3) is 15.3. The highest BCUT2D eigenvalue weighted by atomic mass is 35.5. The number of benzene rings is 1. The van der Waals surface area contributed by atoms with Gasteiger partial charge in [0, 0.05) is 12.5 Å². The zero-order valence-corrected chi connectivity index (χ0v) is 20.3. The molecular weight excluding hydrogens is 422 g/mol. The number of hydrogen-bond donors (Lipinski definition) is 2. The van der Waals surface area contributed by atoms with Gasteiger partial charge in [0.2, 0.25) is 0 Å². The molecule has 0 aromatic heterocycles. The first-order valence-corrected chi connectivity index (χ1v) is 11.0. The molecule has 1 saturated carbocycles. The average Bonchev–Trinajstić information content (AvgIpc) is 3.15. The van der Waals surface area contributed by atoms with Crippen molar-refractivity contribution in [2.75, 3.05) is 7.11 Å². The van der Waals surface area contributed by atoms with Gasteiger partial charge in [-0.1, -0.05) is 44.2 Å². The number of nitrogens with two attached hydrogens (primary N) is 1. The van der Waals surface area contributed by atoms with Crippen molar-refractivity contribution in [3.63, 3.8) is 0 Å². The Morgan fingerprint density at radius 3 is 2.23 bits per heavy atom. The first-order chi connectivity index (χ1) is 14.4. The standard InChI is InChI=1S/C11H20O2.C7H7ClO2.C5H11NO2/c1-3-11(12)13-9(2)8-10-6-4-5-7-10;1-10-7-4-5(9)2-3-6(7)8;1-5(2,3)8-4(6)7/h9-10H,3-8H2,1-2H3;2-4,9H,1H3;1-3H3,(H2,6,7). The second kappa shape index (κ2) is 14.8. The first kappa shape index (κ1) is 28.9. The Morgan fingerprint density at radius 2 is 1.84 bits per heavy atom. The van der Waals surface area contributed by atoms with Gasteiger partial charge in [0.25, 0.3) is 0 Å². The van der Waals surface area contributed by atoms with Crippen molar-refractivity contribution in [2.45, 2.75) is 84.8 Å². The SMILES string of the molecule is CC(C)(C)OC(N)=O.CCC(=O)OC(C)CC1CCCC1.COc1cc(O)ccc1Cl. The number of methoxy groups -OCH3 is 1. The molecule has 1 aromatic rings. The number of primary amides is 1. The van der Waals surface area contributed by atoms with Gasteiger partial charge in [-0.3, -0.25) is 4.79 Å². The molecule has 0 saturated heterocycles. The summed E-state index contributed by atoms with van der Waals surface area (Å²) in [6.07, 6.45) is 6.33. The van der Waals surface area contributed by atoms with E-state index >= 15 is 0 Å². The molecule has 1 atom stereocenters. The topological polar surface area (TPSA) is 108 Å². The van der Waals surface area contributed by atoms with Crippen molar-refractivity contribution in [2.24, 2.45) is 11.7 Å². The number of amides is 1. The molecule has 0 radical (unpaired) electrons. The molecule has 0 bridgehead atoms. The van der Waals surface area contributed by atoms with Crippen LogP contribution in [0.3, 0.4) is 0 Å². The Labute approximate surface area is 191 Å². The van der Waals surface area contributed by atoms with Crippen molar-refractivity contribution in [3.05, 3.63) is 23.2 Å². The fraction of sp³-hybridized carbons (Fsp3) is 0.652. The van der Waals surface area contributed by atoms with Crippen LogP contribution in [0.2, 0.25) is 5.02 Å². The van der Waals surface area contributed by atoms with Gasteiger partial charge in [0.05, 0.1) is 18.2 Å². The van der Waals surface area contributed by atoms with Gasteiger partial charge < -0.3 is 25.1 Å². The van der Waals surface area contributed by atoms with E-state index in [0.29, 0.717) is 17.2 Å². The largest absolute Gasteiger partial charge is 0.508 e. The summed E-state index contributed by atoms with van der Waals surface area (Å²) in [6, 6.07) is 4.54. The number of ether oxygens (including phenoxy) is 3. The van der Waals surface area contributed by atoms with Crippen LogP contribution in [0, 0.1) is 5.92 Å². The maximum absolute atomic E-state index is 11.0. The second-order valence-electron chi connectivity index (χ2n) is 8.39. The quantitative estimate of drug-likeness (QED) is 0.535. The predicted molar refractivity (Wildman–Crippen MR) is 123 cm³/mol. The molecule has 1 amide bonds. The lowest BCUT2D eigenvalue weighted by atomic mass is 10.0. The lowest BCUT2D eigenvalue weighted by Gasteiger charge is -2.16. The van der Waals surface area contributed by atoms with Gasteiger partial charge >= 0.3 is 12.1 Å². The molecule has 1 aliphatic rings. The molecule has 0 heterocycles. The number of esters is 1. The third-order valence-electron chi connectivity index (χ3n) is 4.30. The maximum Gasteiger partial charge on any atom is 0.405 e. The molecule has 2 rings (SSSR count). The van der Waals surface area contributed by atoms with E-state index in [0.717, 1.165) is 12.3 Å². The maximum atomic E-state index is 11.0. The molecule has 3 N–H and O–H groups in total. The molecular formula is C23H38ClNO6. The van der Waals surface area contributed by atoms with Crippen LogP contribution in [0.4, 0.5) is 4.79 Å². The van der Waals surface area contributed by atoms with Crippen LogP contribution in [0.15, 0.2) is 18.2 Å². The number of halogens is 1. The van der Waals surface area contributed by atoms with Gasteiger partial charge in [0.1, 0.15) is 17.1 Å². The molecule has 1 fully saturated rings. The van der Waals surface area contributed by atoms with Crippen molar-refractivity contribution < 1.29 is 28.9 Å². The summed E-state index contributed by atoms with van der Waals surface area (Å²) in [6.45, 7) is 9.13. The highest BCUT2D eigenvalue weighted by molar-refractivity contribution is 6.32. The lowest BCUT2D eigenvalue weighted by Crippen LogP contribution is -2.27. The number of carbonyl (C=O) groups is 2. The third-order valence-corrected chi connectivity index (χ3v) is 4.62. The summed E-state index contributed by atoms with van der Waals surface area (Å²) in [5, 5.41) is 9.43. The molecule has 1 aromatic carbocycles. The first-order valence-electron chi connectivity index (χ1n) is 10.6. The summed E-state index contributed by atoms with van der Waals surface area (Å²) < 4.78 is 14.6. The van der Waals surface area contributed by atoms with Crippen molar-refractivity contribution >= 4 is 23.7 Å². The molecule has 1 unspecified atom stereocenters. The van der Waals surface area contributed by atoms with E-state index < -0.39 is 11.7 Å². The fourth-order valence-electron chi connectivity index (χ4n) is 3.02. The molecule has 31 heavy (non-hydrogen) atoms. The number of hydrogen-bond acceptors (Lipinski definition) is 6. The number of rotatable bonds is 5. The summed E-state index contributed by atoms with van der Waals surface area (Å²) >= 11 is 5.66. The van der Waals surface area contributed by atoms with Crippen LogP contribution < -0.4 is 10.5 Å². The van der Waals surface area contributed by atoms with Crippen LogP contribution in [0.25, 0.3) is 0 Å². The minimum Gasteiger partial charge on any atom is -0.508 e. The zero-order valence-electron chi connectivity index (χ0n) is 19.6. The minimum atomic E-state index is -0.725. The van der Waals surface area contributed by atoms with Crippen LogP contribution in [-0.4, -0.2) is 36.0 Å². The van der Waals surface area contributed by atoms with Gasteiger partial charge in [0.15, 0.2) is 0 Å². The van der Waals surface area contributed by atoms with E-state index in [9.17, 15) is 9.59 Å². The average molecular weight is 460 g/mol. The molecule has 0 spiro atoms. The molecule has 7 nitrogen and oxygen atoms in total. The van der Waals surface area contributed by atoms with Crippen LogP contribution in [0.1, 0.15) is 73.1 Å². The highest BCUT2D eigenvalue weighted by Crippen LogP contribution is 2.29. The van der Waals surface area contributed by atoms with Crippen LogP contribution in [-0.2, 0) is 14.3 Å². The van der Waals surface area contributed by atoms with E-state index in [1.54, 1.807) is 26.8 Å². The van der Waals surface area contributed by atoms with E-state index in [-0.39, 0.29) is 17.8 Å². The Morgan fingerprint density at radius 1 is 1.26 bits per heavy atom.